The third-order valence-electron chi connectivity index (χ3n) is 2.25. The Morgan fingerprint density at radius 3 is 2.40 bits per heavy atom. The predicted octanol–water partition coefficient (Wildman–Crippen LogP) is 2.85. The van der Waals surface area contributed by atoms with Gasteiger partial charge in [0.2, 0.25) is 0 Å². The summed E-state index contributed by atoms with van der Waals surface area (Å²) in [5, 5.41) is 0. The van der Waals surface area contributed by atoms with E-state index in [0.717, 1.165) is 0 Å². The number of rotatable bonds is 6. The van der Waals surface area contributed by atoms with Gasteiger partial charge >= 0.3 is 0 Å². The molecule has 15 heavy (non-hydrogen) atoms. The van der Waals surface area contributed by atoms with Crippen molar-refractivity contribution in [2.24, 2.45) is 11.8 Å². The van der Waals surface area contributed by atoms with Gasteiger partial charge in [0.1, 0.15) is 6.79 Å². The van der Waals surface area contributed by atoms with Crippen molar-refractivity contribution < 1.29 is 9.47 Å². The molecule has 0 rings (SSSR count). The molecule has 0 saturated carbocycles. The van der Waals surface area contributed by atoms with Gasteiger partial charge in [-0.2, -0.15) is 0 Å². The van der Waals surface area contributed by atoms with E-state index in [0.29, 0.717) is 5.92 Å². The maximum absolute atomic E-state index is 5.60. The van der Waals surface area contributed by atoms with Gasteiger partial charge in [0.25, 0.3) is 0 Å². The summed E-state index contributed by atoms with van der Waals surface area (Å²) < 4.78 is 10.5. The molecule has 0 aromatic carbocycles. The zero-order chi connectivity index (χ0) is 11.8. The first-order valence-corrected chi connectivity index (χ1v) is 5.24. The van der Waals surface area contributed by atoms with Gasteiger partial charge in [0.05, 0.1) is 6.10 Å². The van der Waals surface area contributed by atoms with Crippen LogP contribution in [0.25, 0.3) is 0 Å². The van der Waals surface area contributed by atoms with Gasteiger partial charge in [-0.1, -0.05) is 18.6 Å². The smallest absolute Gasteiger partial charge is 0.146 e. The highest BCUT2D eigenvalue weighted by Crippen LogP contribution is 2.19. The standard InChI is InChI=1S/C13H22O2/c1-7-11(4)13(15-9-14-6)12(5)8-10(2)3/h1,8,11-13H,9H2,2-6H3/t11-,12-,13-/m0/s1. The van der Waals surface area contributed by atoms with E-state index in [9.17, 15) is 0 Å². The topological polar surface area (TPSA) is 18.5 Å². The molecule has 0 unspecified atom stereocenters. The van der Waals surface area contributed by atoms with E-state index in [1.807, 2.05) is 6.92 Å². The van der Waals surface area contributed by atoms with E-state index in [1.54, 1.807) is 7.11 Å². The minimum Gasteiger partial charge on any atom is -0.359 e. The average Bonchev–Trinajstić information content (AvgIpc) is 2.16. The number of methoxy groups -OCH3 is 1. The molecule has 86 valence electrons. The lowest BCUT2D eigenvalue weighted by atomic mass is 9.92. The quantitative estimate of drug-likeness (QED) is 0.381. The van der Waals surface area contributed by atoms with Crippen molar-refractivity contribution in [2.75, 3.05) is 13.9 Å². The number of hydrogen-bond donors (Lipinski definition) is 0. The van der Waals surface area contributed by atoms with Gasteiger partial charge < -0.3 is 9.47 Å². The Kier molecular flexibility index (Phi) is 7.11. The van der Waals surface area contributed by atoms with E-state index in [2.05, 4.69) is 32.8 Å². The van der Waals surface area contributed by atoms with Crippen molar-refractivity contribution in [3.05, 3.63) is 11.6 Å². The third-order valence-corrected chi connectivity index (χ3v) is 2.25. The lowest BCUT2D eigenvalue weighted by Gasteiger charge is -2.25. The van der Waals surface area contributed by atoms with Gasteiger partial charge in [-0.3, -0.25) is 0 Å². The zero-order valence-electron chi connectivity index (χ0n) is 10.4. The molecule has 0 spiro atoms. The van der Waals surface area contributed by atoms with Crippen molar-refractivity contribution in [3.63, 3.8) is 0 Å². The van der Waals surface area contributed by atoms with Crippen molar-refractivity contribution in [1.29, 1.82) is 0 Å². The van der Waals surface area contributed by atoms with Crippen molar-refractivity contribution in [1.82, 2.24) is 0 Å². The van der Waals surface area contributed by atoms with Gasteiger partial charge in [-0.25, -0.2) is 0 Å². The number of hydrogen-bond acceptors (Lipinski definition) is 2. The van der Waals surface area contributed by atoms with Gasteiger partial charge in [-0.15, -0.1) is 12.3 Å². The normalized spacial score (nSPS) is 16.3. The highest BCUT2D eigenvalue weighted by molar-refractivity contribution is 5.03. The molecule has 0 heterocycles. The van der Waals surface area contributed by atoms with Crippen molar-refractivity contribution in [2.45, 2.75) is 33.8 Å². The highest BCUT2D eigenvalue weighted by atomic mass is 16.7. The van der Waals surface area contributed by atoms with Crippen LogP contribution in [0, 0.1) is 24.2 Å². The zero-order valence-corrected chi connectivity index (χ0v) is 10.4. The minimum absolute atomic E-state index is 0.0184. The van der Waals surface area contributed by atoms with Crippen LogP contribution in [0.2, 0.25) is 0 Å². The largest absolute Gasteiger partial charge is 0.359 e. The molecular weight excluding hydrogens is 188 g/mol. The molecule has 0 aromatic heterocycles. The fraction of sp³-hybridized carbons (Fsp3) is 0.692. The number of terminal acetylenes is 1. The van der Waals surface area contributed by atoms with E-state index in [-0.39, 0.29) is 18.8 Å². The Morgan fingerprint density at radius 2 is 2.00 bits per heavy atom. The Hall–Kier alpha value is -0.780. The molecule has 0 saturated heterocycles. The van der Waals surface area contributed by atoms with E-state index >= 15 is 0 Å². The lowest BCUT2D eigenvalue weighted by Crippen LogP contribution is -2.28. The summed E-state index contributed by atoms with van der Waals surface area (Å²) >= 11 is 0. The average molecular weight is 210 g/mol. The van der Waals surface area contributed by atoms with Crippen molar-refractivity contribution in [3.8, 4) is 12.3 Å². The first-order valence-electron chi connectivity index (χ1n) is 5.24. The Bertz CT molecular complexity index is 233. The summed E-state index contributed by atoms with van der Waals surface area (Å²) in [5.41, 5.74) is 1.28. The van der Waals surface area contributed by atoms with Crippen LogP contribution < -0.4 is 0 Å². The number of ether oxygens (including phenoxy) is 2. The predicted molar refractivity (Wildman–Crippen MR) is 63.3 cm³/mol. The van der Waals surface area contributed by atoms with Gasteiger partial charge in [-0.05, 0) is 20.8 Å². The van der Waals surface area contributed by atoms with Gasteiger partial charge in [0.15, 0.2) is 0 Å². The summed E-state index contributed by atoms with van der Waals surface area (Å²) in [4.78, 5) is 0. The highest BCUT2D eigenvalue weighted by Gasteiger charge is 2.21. The SMILES string of the molecule is C#C[C@H](C)[C@H](OCOC)[C@@H](C)C=C(C)C. The minimum atomic E-state index is 0.0184. The Balaban J connectivity index is 4.48. The molecule has 0 aromatic rings. The first-order chi connectivity index (χ1) is 7.02. The lowest BCUT2D eigenvalue weighted by molar-refractivity contribution is -0.0936. The summed E-state index contributed by atoms with van der Waals surface area (Å²) in [5.74, 6) is 3.11. The third kappa shape index (κ3) is 5.61. The van der Waals surface area contributed by atoms with Gasteiger partial charge in [0, 0.05) is 18.9 Å². The molecule has 0 fully saturated rings. The molecule has 0 radical (unpaired) electrons. The summed E-state index contributed by atoms with van der Waals surface area (Å²) in [6.45, 7) is 8.54. The van der Waals surface area contributed by atoms with E-state index < -0.39 is 0 Å². The molecule has 0 aliphatic heterocycles. The van der Waals surface area contributed by atoms with Crippen LogP contribution in [0.15, 0.2) is 11.6 Å². The molecule has 3 atom stereocenters. The van der Waals surface area contributed by atoms with Crippen LogP contribution in [-0.2, 0) is 9.47 Å². The first kappa shape index (κ1) is 14.2. The van der Waals surface area contributed by atoms with Crippen LogP contribution in [0.4, 0.5) is 0 Å². The fourth-order valence-electron chi connectivity index (χ4n) is 1.61. The maximum atomic E-state index is 5.60. The Labute approximate surface area is 93.7 Å². The Morgan fingerprint density at radius 1 is 1.40 bits per heavy atom. The summed E-state index contributed by atoms with van der Waals surface area (Å²) in [6.07, 6.45) is 7.61. The van der Waals surface area contributed by atoms with Crippen LogP contribution in [0.1, 0.15) is 27.7 Å². The van der Waals surface area contributed by atoms with E-state index in [4.69, 9.17) is 15.9 Å². The molecule has 0 amide bonds. The van der Waals surface area contributed by atoms with Crippen LogP contribution in [0.5, 0.6) is 0 Å². The molecule has 0 bridgehead atoms. The van der Waals surface area contributed by atoms with Crippen molar-refractivity contribution >= 4 is 0 Å². The second-order valence-corrected chi connectivity index (χ2v) is 4.10. The molecular formula is C13H22O2. The van der Waals surface area contributed by atoms with Crippen LogP contribution >= 0.6 is 0 Å². The molecule has 0 aliphatic rings. The second-order valence-electron chi connectivity index (χ2n) is 4.10. The molecule has 0 N–H and O–H groups in total. The fourth-order valence-corrected chi connectivity index (χ4v) is 1.61. The summed E-state index contributed by atoms with van der Waals surface area (Å²) in [7, 11) is 1.61. The summed E-state index contributed by atoms with van der Waals surface area (Å²) in [6, 6.07) is 0. The molecule has 2 nitrogen and oxygen atoms in total. The monoisotopic (exact) mass is 210 g/mol. The van der Waals surface area contributed by atoms with Crippen LogP contribution in [0.3, 0.4) is 0 Å². The maximum Gasteiger partial charge on any atom is 0.146 e. The second kappa shape index (κ2) is 7.50. The number of allylic oxidation sites excluding steroid dienone is 1. The van der Waals surface area contributed by atoms with E-state index in [1.165, 1.54) is 5.57 Å². The molecule has 2 heteroatoms. The molecule has 0 aliphatic carbocycles. The van der Waals surface area contributed by atoms with Crippen LogP contribution in [-0.4, -0.2) is 20.0 Å².